The van der Waals surface area contributed by atoms with Gasteiger partial charge >= 0.3 is 0 Å². The number of carbonyl (C=O) groups is 1. The molecule has 1 amide bonds. The van der Waals surface area contributed by atoms with Crippen LogP contribution in [0.5, 0.6) is 0 Å². The minimum atomic E-state index is -0.145. The van der Waals surface area contributed by atoms with Crippen LogP contribution < -0.4 is 5.32 Å². The van der Waals surface area contributed by atoms with Crippen molar-refractivity contribution in [1.29, 1.82) is 0 Å². The van der Waals surface area contributed by atoms with E-state index in [0.29, 0.717) is 20.8 Å². The molecule has 0 spiro atoms. The number of carbonyl (C=O) groups excluding carboxylic acids is 1. The second-order valence-corrected chi connectivity index (χ2v) is 6.22. The quantitative estimate of drug-likeness (QED) is 0.753. The molecule has 0 unspecified atom stereocenters. The molecule has 20 heavy (non-hydrogen) atoms. The number of amides is 1. The van der Waals surface area contributed by atoms with Crippen LogP contribution in [0.15, 0.2) is 47.4 Å². The molecule has 2 rings (SSSR count). The number of halogens is 3. The Labute approximate surface area is 136 Å². The summed E-state index contributed by atoms with van der Waals surface area (Å²) >= 11 is 19.1. The predicted octanol–water partition coefficient (Wildman–Crippen LogP) is 5.38. The molecule has 0 aliphatic carbocycles. The van der Waals surface area contributed by atoms with Gasteiger partial charge in [0.1, 0.15) is 0 Å². The highest BCUT2D eigenvalue weighted by atomic mass is 35.5. The Hall–Kier alpha value is -0.870. The summed E-state index contributed by atoms with van der Waals surface area (Å²) in [4.78, 5) is 12.7. The van der Waals surface area contributed by atoms with Crippen LogP contribution in [0.2, 0.25) is 15.1 Å². The molecule has 0 saturated heterocycles. The Morgan fingerprint density at radius 2 is 1.70 bits per heavy atom. The second-order valence-electron chi connectivity index (χ2n) is 3.93. The lowest BCUT2D eigenvalue weighted by molar-refractivity contribution is -0.113. The van der Waals surface area contributed by atoms with E-state index in [0.717, 1.165) is 4.90 Å². The monoisotopic (exact) mass is 345 g/mol. The summed E-state index contributed by atoms with van der Waals surface area (Å²) in [5.41, 5.74) is 0.576. The molecule has 0 radical (unpaired) electrons. The Morgan fingerprint density at radius 1 is 1.05 bits per heavy atom. The summed E-state index contributed by atoms with van der Waals surface area (Å²) in [5.74, 6) is 0.113. The predicted molar refractivity (Wildman–Crippen MR) is 87.3 cm³/mol. The van der Waals surface area contributed by atoms with E-state index in [9.17, 15) is 4.79 Å². The van der Waals surface area contributed by atoms with Crippen molar-refractivity contribution in [2.45, 2.75) is 4.90 Å². The van der Waals surface area contributed by atoms with E-state index in [1.165, 1.54) is 11.8 Å². The summed E-state index contributed by atoms with van der Waals surface area (Å²) in [7, 11) is 0. The first-order valence-corrected chi connectivity index (χ1v) is 7.80. The van der Waals surface area contributed by atoms with Gasteiger partial charge in [-0.1, -0.05) is 46.9 Å². The van der Waals surface area contributed by atoms with Crippen molar-refractivity contribution < 1.29 is 4.79 Å². The number of benzene rings is 2. The number of anilines is 1. The van der Waals surface area contributed by atoms with Crippen molar-refractivity contribution in [3.63, 3.8) is 0 Å². The van der Waals surface area contributed by atoms with Crippen LogP contribution in [0.25, 0.3) is 0 Å². The van der Waals surface area contributed by atoms with E-state index in [-0.39, 0.29) is 11.7 Å². The highest BCUT2D eigenvalue weighted by molar-refractivity contribution is 8.00. The van der Waals surface area contributed by atoms with E-state index in [1.54, 1.807) is 24.3 Å². The third-order valence-corrected chi connectivity index (χ3v) is 4.29. The third-order valence-electron chi connectivity index (χ3n) is 2.34. The fourth-order valence-corrected chi connectivity index (χ4v) is 3.09. The maximum atomic E-state index is 11.9. The lowest BCUT2D eigenvalue weighted by atomic mass is 10.3. The van der Waals surface area contributed by atoms with E-state index < -0.39 is 0 Å². The van der Waals surface area contributed by atoms with Gasteiger partial charge in [0.15, 0.2) is 0 Å². The number of hydrogen-bond acceptors (Lipinski definition) is 2. The van der Waals surface area contributed by atoms with E-state index in [2.05, 4.69) is 5.32 Å². The van der Waals surface area contributed by atoms with E-state index in [1.807, 2.05) is 18.2 Å². The topological polar surface area (TPSA) is 29.1 Å². The first-order valence-electron chi connectivity index (χ1n) is 5.68. The lowest BCUT2D eigenvalue weighted by Crippen LogP contribution is -2.13. The molecule has 0 bridgehead atoms. The zero-order valence-electron chi connectivity index (χ0n) is 10.2. The zero-order chi connectivity index (χ0) is 14.5. The Bertz CT molecular complexity index is 613. The Balaban J connectivity index is 1.94. The van der Waals surface area contributed by atoms with Gasteiger partial charge in [0.05, 0.1) is 10.8 Å². The van der Waals surface area contributed by atoms with E-state index in [4.69, 9.17) is 34.8 Å². The van der Waals surface area contributed by atoms with Crippen LogP contribution in [-0.4, -0.2) is 11.7 Å². The minimum absolute atomic E-state index is 0.145. The summed E-state index contributed by atoms with van der Waals surface area (Å²) in [5, 5.41) is 4.33. The average molecular weight is 347 g/mol. The maximum absolute atomic E-state index is 11.9. The van der Waals surface area contributed by atoms with Gasteiger partial charge in [0, 0.05) is 20.6 Å². The van der Waals surface area contributed by atoms with Gasteiger partial charge in [-0.15, -0.1) is 11.8 Å². The third kappa shape index (κ3) is 4.60. The van der Waals surface area contributed by atoms with Crippen molar-refractivity contribution in [2.75, 3.05) is 11.1 Å². The lowest BCUT2D eigenvalue weighted by Gasteiger charge is -2.07. The molecule has 104 valence electrons. The summed E-state index contributed by atoms with van der Waals surface area (Å²) < 4.78 is 0. The maximum Gasteiger partial charge on any atom is 0.234 e. The molecule has 6 heteroatoms. The fraction of sp³-hybridized carbons (Fsp3) is 0.0714. The zero-order valence-corrected chi connectivity index (χ0v) is 13.3. The Morgan fingerprint density at radius 3 is 2.35 bits per heavy atom. The van der Waals surface area contributed by atoms with Crippen LogP contribution in [0, 0.1) is 0 Å². The molecule has 1 N–H and O–H groups in total. The molecule has 0 saturated carbocycles. The van der Waals surface area contributed by atoms with Gasteiger partial charge in [0.2, 0.25) is 5.91 Å². The number of hydrogen-bond donors (Lipinski definition) is 1. The fourth-order valence-electron chi connectivity index (χ4n) is 1.53. The van der Waals surface area contributed by atoms with Crippen molar-refractivity contribution in [3.05, 3.63) is 57.5 Å². The number of nitrogens with one attached hydrogen (secondary N) is 1. The van der Waals surface area contributed by atoms with Crippen LogP contribution in [0.1, 0.15) is 0 Å². The second kappa shape index (κ2) is 7.23. The first kappa shape index (κ1) is 15.5. The largest absolute Gasteiger partial charge is 0.325 e. The SMILES string of the molecule is O=C(CSc1ccccc1Cl)Nc1cc(Cl)cc(Cl)c1. The number of rotatable bonds is 4. The average Bonchev–Trinajstić information content (AvgIpc) is 2.36. The molecule has 0 aliphatic heterocycles. The van der Waals surface area contributed by atoms with Crippen molar-refractivity contribution in [3.8, 4) is 0 Å². The van der Waals surface area contributed by atoms with Crippen molar-refractivity contribution in [1.82, 2.24) is 0 Å². The molecule has 0 heterocycles. The molecule has 0 fully saturated rings. The summed E-state index contributed by atoms with van der Waals surface area (Å²) in [6.45, 7) is 0. The summed E-state index contributed by atoms with van der Waals surface area (Å²) in [6.07, 6.45) is 0. The summed E-state index contributed by atoms with van der Waals surface area (Å²) in [6, 6.07) is 12.3. The van der Waals surface area contributed by atoms with Gasteiger partial charge in [-0.2, -0.15) is 0 Å². The molecular formula is C14H10Cl3NOS. The molecule has 0 aliphatic rings. The van der Waals surface area contributed by atoms with Gasteiger partial charge in [-0.3, -0.25) is 4.79 Å². The highest BCUT2D eigenvalue weighted by Crippen LogP contribution is 2.27. The van der Waals surface area contributed by atoms with Crippen LogP contribution in [0.3, 0.4) is 0 Å². The molecule has 2 aromatic carbocycles. The van der Waals surface area contributed by atoms with Crippen molar-refractivity contribution >= 4 is 58.2 Å². The van der Waals surface area contributed by atoms with Crippen molar-refractivity contribution in [2.24, 2.45) is 0 Å². The standard InChI is InChI=1S/C14H10Cl3NOS/c15-9-5-10(16)7-11(6-9)18-14(19)8-20-13-4-2-1-3-12(13)17/h1-7H,8H2,(H,18,19). The Kier molecular flexibility index (Phi) is 5.61. The molecule has 0 aromatic heterocycles. The normalized spacial score (nSPS) is 10.3. The molecule has 2 aromatic rings. The van der Waals surface area contributed by atoms with Crippen LogP contribution in [-0.2, 0) is 4.79 Å². The van der Waals surface area contributed by atoms with Crippen LogP contribution >= 0.6 is 46.6 Å². The molecule has 0 atom stereocenters. The van der Waals surface area contributed by atoms with Gasteiger partial charge in [-0.05, 0) is 30.3 Å². The molecule has 2 nitrogen and oxygen atoms in total. The minimum Gasteiger partial charge on any atom is -0.325 e. The van der Waals surface area contributed by atoms with E-state index >= 15 is 0 Å². The van der Waals surface area contributed by atoms with Crippen LogP contribution in [0.4, 0.5) is 5.69 Å². The highest BCUT2D eigenvalue weighted by Gasteiger charge is 2.07. The van der Waals surface area contributed by atoms with Gasteiger partial charge in [-0.25, -0.2) is 0 Å². The smallest absolute Gasteiger partial charge is 0.234 e. The van der Waals surface area contributed by atoms with Gasteiger partial charge in [0.25, 0.3) is 0 Å². The number of thioether (sulfide) groups is 1. The first-order chi connectivity index (χ1) is 9.54. The molecular weight excluding hydrogens is 337 g/mol. The van der Waals surface area contributed by atoms with Gasteiger partial charge < -0.3 is 5.32 Å².